The number of nitrogens with one attached hydrogen (secondary N) is 2. The molecular formula is C28H27N3O6. The highest BCUT2D eigenvalue weighted by Crippen LogP contribution is 2.57. The average molecular weight is 502 g/mol. The van der Waals surface area contributed by atoms with Crippen LogP contribution in [0.4, 0.5) is 0 Å². The van der Waals surface area contributed by atoms with Gasteiger partial charge in [0.25, 0.3) is 0 Å². The molecule has 1 atom stereocenters. The molecule has 4 N–H and O–H groups in total. The van der Waals surface area contributed by atoms with E-state index in [-0.39, 0.29) is 39.5 Å². The fraction of sp³-hybridized carbons (Fsp3) is 0.286. The van der Waals surface area contributed by atoms with Crippen LogP contribution in [0.5, 0.6) is 17.2 Å². The van der Waals surface area contributed by atoms with Gasteiger partial charge in [-0.25, -0.2) is 4.98 Å². The molecule has 2 aliphatic rings. The van der Waals surface area contributed by atoms with Crippen molar-refractivity contribution in [1.82, 2.24) is 15.3 Å². The van der Waals surface area contributed by atoms with Gasteiger partial charge in [-0.05, 0) is 46.2 Å². The van der Waals surface area contributed by atoms with Gasteiger partial charge in [0.05, 0.1) is 22.2 Å². The molecule has 1 aliphatic heterocycles. The maximum atomic E-state index is 13.8. The lowest BCUT2D eigenvalue weighted by Gasteiger charge is -2.29. The number of rotatable bonds is 6. The van der Waals surface area contributed by atoms with Gasteiger partial charge < -0.3 is 25.3 Å². The van der Waals surface area contributed by atoms with Crippen LogP contribution < -0.4 is 10.1 Å². The zero-order valence-electron chi connectivity index (χ0n) is 21.0. The molecule has 0 saturated carbocycles. The van der Waals surface area contributed by atoms with E-state index in [4.69, 9.17) is 4.74 Å². The summed E-state index contributed by atoms with van der Waals surface area (Å²) in [7, 11) is 0. The molecule has 0 spiro atoms. The Bertz CT molecular complexity index is 1550. The van der Waals surface area contributed by atoms with Crippen LogP contribution in [0.2, 0.25) is 0 Å². The van der Waals surface area contributed by atoms with E-state index in [0.29, 0.717) is 25.1 Å². The van der Waals surface area contributed by atoms with Crippen molar-refractivity contribution in [1.29, 1.82) is 0 Å². The first-order valence-electron chi connectivity index (χ1n) is 12.0. The second-order valence-electron chi connectivity index (χ2n) is 9.62. The number of Topliss-reactive ketones (excluding diaryl/α,β-unsaturated/α-hetero) is 2. The molecule has 3 aromatic rings. The predicted molar refractivity (Wildman–Crippen MR) is 136 cm³/mol. The number of aryl methyl sites for hydroxylation is 1. The number of aromatic hydroxyl groups is 2. The number of hydrogen-bond acceptors (Lipinski definition) is 8. The number of ether oxygens (including phenoxy) is 1. The second kappa shape index (κ2) is 8.62. The van der Waals surface area contributed by atoms with Crippen molar-refractivity contribution in [3.8, 4) is 17.2 Å². The molecule has 0 amide bonds. The van der Waals surface area contributed by atoms with Crippen LogP contribution in [-0.2, 0) is 21.4 Å². The van der Waals surface area contributed by atoms with Gasteiger partial charge >= 0.3 is 0 Å². The Balaban J connectivity index is 1.42. The number of imidazole rings is 1. The van der Waals surface area contributed by atoms with Crippen molar-refractivity contribution in [2.75, 3.05) is 6.54 Å². The number of H-pyrrole nitrogens is 1. The lowest BCUT2D eigenvalue weighted by atomic mass is 9.70. The van der Waals surface area contributed by atoms with Crippen LogP contribution in [-0.4, -0.2) is 44.1 Å². The van der Waals surface area contributed by atoms with Gasteiger partial charge in [0.2, 0.25) is 0 Å². The lowest BCUT2D eigenvalue weighted by molar-refractivity contribution is -0.123. The van der Waals surface area contributed by atoms with E-state index in [0.717, 1.165) is 16.9 Å². The zero-order chi connectivity index (χ0) is 26.6. The molecule has 9 heteroatoms. The molecule has 1 unspecified atom stereocenters. The number of phenolic OH excluding ortho intramolecular Hbond substituents is 2. The Kier molecular flexibility index (Phi) is 5.66. The number of fused-ring (bicyclic) bond motifs is 4. The minimum atomic E-state index is -1.53. The van der Waals surface area contributed by atoms with E-state index in [1.54, 1.807) is 13.8 Å². The van der Waals surface area contributed by atoms with Crippen LogP contribution in [0.15, 0.2) is 47.4 Å². The van der Waals surface area contributed by atoms with Gasteiger partial charge in [0, 0.05) is 30.3 Å². The molecule has 1 aliphatic carbocycles. The number of allylic oxidation sites excluding steroid dienone is 4. The Labute approximate surface area is 212 Å². The number of hydrogen-bond donors (Lipinski definition) is 4. The van der Waals surface area contributed by atoms with Crippen LogP contribution in [0, 0.1) is 6.92 Å². The Hall–Kier alpha value is -4.40. The summed E-state index contributed by atoms with van der Waals surface area (Å²) in [6.45, 7) is 6.42. The normalized spacial score (nSPS) is 19.8. The van der Waals surface area contributed by atoms with Gasteiger partial charge in [-0.15, -0.1) is 0 Å². The average Bonchev–Trinajstić information content (AvgIpc) is 3.39. The summed E-state index contributed by atoms with van der Waals surface area (Å²) in [5.41, 5.74) is 0.717. The number of aromatic amines is 1. The maximum Gasteiger partial charge on any atom is 0.194 e. The predicted octanol–water partition coefficient (Wildman–Crippen LogP) is 3.67. The van der Waals surface area contributed by atoms with Gasteiger partial charge in [-0.2, -0.15) is 0 Å². The fourth-order valence-electron chi connectivity index (χ4n) is 5.11. The first-order chi connectivity index (χ1) is 17.6. The summed E-state index contributed by atoms with van der Waals surface area (Å²) in [6, 6.07) is 7.78. The minimum absolute atomic E-state index is 0.0155. The Morgan fingerprint density at radius 1 is 1.16 bits per heavy atom. The number of ketones is 3. The fourth-order valence-corrected chi connectivity index (χ4v) is 5.11. The number of nitrogens with zero attached hydrogens (tertiary/aromatic N) is 1. The highest BCUT2D eigenvalue weighted by atomic mass is 16.5. The van der Waals surface area contributed by atoms with Gasteiger partial charge in [0.15, 0.2) is 17.3 Å². The topological polar surface area (TPSA) is 142 Å². The molecule has 0 saturated heterocycles. The van der Waals surface area contributed by atoms with Crippen molar-refractivity contribution >= 4 is 28.4 Å². The van der Waals surface area contributed by atoms with Crippen molar-refractivity contribution in [2.24, 2.45) is 0 Å². The van der Waals surface area contributed by atoms with E-state index >= 15 is 0 Å². The van der Waals surface area contributed by atoms with Crippen molar-refractivity contribution in [3.63, 3.8) is 0 Å². The molecule has 190 valence electrons. The molecule has 5 rings (SSSR count). The minimum Gasteiger partial charge on any atom is -0.507 e. The highest BCUT2D eigenvalue weighted by molar-refractivity contribution is 6.31. The van der Waals surface area contributed by atoms with Crippen molar-refractivity contribution in [3.05, 3.63) is 69.9 Å². The third-order valence-electron chi connectivity index (χ3n) is 7.18. The molecule has 0 fully saturated rings. The van der Waals surface area contributed by atoms with Crippen molar-refractivity contribution in [2.45, 2.75) is 46.0 Å². The monoisotopic (exact) mass is 501 g/mol. The standard InChI is InChI=1S/C28H27N3O6/c1-13-24(34)22(15(3)32)26-23(25(13)35)28(4)19(37-26)12-18(33)21(27(28)36)14(2)29-11-7-10-20-30-16-8-5-6-9-17(16)31-20/h5-6,8-9,12,29,34-35H,7,10-11H2,1-4H3,(H,30,31). The summed E-state index contributed by atoms with van der Waals surface area (Å²) in [5.74, 6) is -1.55. The Morgan fingerprint density at radius 3 is 2.59 bits per heavy atom. The summed E-state index contributed by atoms with van der Waals surface area (Å²) in [6.07, 6.45) is 2.60. The summed E-state index contributed by atoms with van der Waals surface area (Å²) in [5, 5.41) is 24.5. The third kappa shape index (κ3) is 3.61. The van der Waals surface area contributed by atoms with Crippen molar-refractivity contribution < 1.29 is 29.3 Å². The van der Waals surface area contributed by atoms with Gasteiger partial charge in [-0.1, -0.05) is 12.1 Å². The number of phenols is 2. The molecule has 2 heterocycles. The summed E-state index contributed by atoms with van der Waals surface area (Å²) in [4.78, 5) is 47.0. The van der Waals surface area contributed by atoms with Gasteiger partial charge in [-0.3, -0.25) is 14.4 Å². The number of carbonyl (C=O) groups excluding carboxylic acids is 3. The SMILES string of the molecule is CC(=O)c1c(O)c(C)c(O)c2c1OC1=CC(=O)C(=C(C)NCCCc3nc4ccccc4[nH]3)C(=O)C12C. The number of para-hydroxylation sites is 2. The third-order valence-corrected chi connectivity index (χ3v) is 7.18. The van der Waals surface area contributed by atoms with E-state index in [9.17, 15) is 24.6 Å². The smallest absolute Gasteiger partial charge is 0.194 e. The molecule has 9 nitrogen and oxygen atoms in total. The number of aromatic nitrogens is 2. The highest BCUT2D eigenvalue weighted by Gasteiger charge is 2.56. The zero-order valence-corrected chi connectivity index (χ0v) is 21.0. The largest absolute Gasteiger partial charge is 0.507 e. The quantitative estimate of drug-likeness (QED) is 0.174. The van der Waals surface area contributed by atoms with E-state index in [2.05, 4.69) is 15.3 Å². The Morgan fingerprint density at radius 2 is 1.89 bits per heavy atom. The summed E-state index contributed by atoms with van der Waals surface area (Å²) < 4.78 is 5.79. The number of carbonyl (C=O) groups is 3. The number of benzene rings is 2. The molecule has 2 aromatic carbocycles. The van der Waals surface area contributed by atoms with E-state index in [1.165, 1.54) is 19.9 Å². The molecule has 1 aromatic heterocycles. The molecule has 37 heavy (non-hydrogen) atoms. The lowest BCUT2D eigenvalue weighted by Crippen LogP contribution is -2.41. The summed E-state index contributed by atoms with van der Waals surface area (Å²) >= 11 is 0. The maximum absolute atomic E-state index is 13.8. The molecular weight excluding hydrogens is 474 g/mol. The van der Waals surface area contributed by atoms with Crippen LogP contribution in [0.25, 0.3) is 11.0 Å². The molecule has 0 bridgehead atoms. The van der Waals surface area contributed by atoms with Gasteiger partial charge in [0.1, 0.15) is 39.8 Å². The van der Waals surface area contributed by atoms with Crippen LogP contribution in [0.3, 0.4) is 0 Å². The first kappa shape index (κ1) is 24.3. The van der Waals surface area contributed by atoms with E-state index in [1.807, 2.05) is 24.3 Å². The first-order valence-corrected chi connectivity index (χ1v) is 12.0. The van der Waals surface area contributed by atoms with E-state index < -0.39 is 28.5 Å². The van der Waals surface area contributed by atoms with Crippen LogP contribution >= 0.6 is 0 Å². The van der Waals surface area contributed by atoms with Crippen LogP contribution in [0.1, 0.15) is 54.5 Å². The molecule has 0 radical (unpaired) electrons. The second-order valence-corrected chi connectivity index (χ2v) is 9.62.